The molecule has 21 heavy (non-hydrogen) atoms. The first-order valence-corrected chi connectivity index (χ1v) is 6.99. The van der Waals surface area contributed by atoms with Crippen LogP contribution in [-0.2, 0) is 9.47 Å². The van der Waals surface area contributed by atoms with E-state index in [-0.39, 0.29) is 18.0 Å². The van der Waals surface area contributed by atoms with Gasteiger partial charge in [-0.05, 0) is 32.0 Å². The highest BCUT2D eigenvalue weighted by Crippen LogP contribution is 2.26. The highest BCUT2D eigenvalue weighted by molar-refractivity contribution is 6.00. The Bertz CT molecular complexity index is 565. The molecule has 1 aliphatic rings. The zero-order valence-electron chi connectivity index (χ0n) is 12.6. The van der Waals surface area contributed by atoms with Crippen molar-refractivity contribution >= 4 is 11.5 Å². The van der Waals surface area contributed by atoms with Gasteiger partial charge in [0.05, 0.1) is 30.4 Å². The van der Waals surface area contributed by atoms with Crippen molar-refractivity contribution in [1.82, 2.24) is 0 Å². The van der Waals surface area contributed by atoms with Crippen molar-refractivity contribution in [3.05, 3.63) is 29.3 Å². The summed E-state index contributed by atoms with van der Waals surface area (Å²) in [6.07, 6.45) is 0.00810. The predicted octanol–water partition coefficient (Wildman–Crippen LogP) is 2.00. The smallest absolute Gasteiger partial charge is 0.161 e. The lowest BCUT2D eigenvalue weighted by molar-refractivity contribution is -0.0511. The molecule has 1 aliphatic heterocycles. The fourth-order valence-corrected chi connectivity index (χ4v) is 2.68. The highest BCUT2D eigenvalue weighted by atomic mass is 16.5. The van der Waals surface area contributed by atoms with Crippen LogP contribution >= 0.6 is 0 Å². The quantitative estimate of drug-likeness (QED) is 0.793. The van der Waals surface area contributed by atoms with Crippen molar-refractivity contribution in [2.75, 3.05) is 31.7 Å². The summed E-state index contributed by atoms with van der Waals surface area (Å²) in [6.45, 7) is 5.38. The molecule has 0 bridgehead atoms. The van der Waals surface area contributed by atoms with Gasteiger partial charge in [0, 0.05) is 31.5 Å². The molecule has 0 N–H and O–H groups in total. The number of nitriles is 1. The van der Waals surface area contributed by atoms with E-state index in [4.69, 9.17) is 14.7 Å². The summed E-state index contributed by atoms with van der Waals surface area (Å²) in [7, 11) is 1.64. The Morgan fingerprint density at radius 3 is 2.90 bits per heavy atom. The maximum atomic E-state index is 11.8. The molecule has 0 aromatic heterocycles. The van der Waals surface area contributed by atoms with Gasteiger partial charge in [0.1, 0.15) is 0 Å². The standard InChI is InChI=1S/C16H20N2O3/c1-11-8-18(9-14(21-11)10-20-3)16-6-13(7-17)4-5-15(16)12(2)19/h4-6,11,14H,8-10H2,1-3H3. The van der Waals surface area contributed by atoms with Crippen molar-refractivity contribution in [3.63, 3.8) is 0 Å². The lowest BCUT2D eigenvalue weighted by Crippen LogP contribution is -2.48. The van der Waals surface area contributed by atoms with Crippen LogP contribution in [0.2, 0.25) is 0 Å². The fraction of sp³-hybridized carbons (Fsp3) is 0.500. The third-order valence-corrected chi connectivity index (χ3v) is 3.53. The number of hydrogen-bond acceptors (Lipinski definition) is 5. The van der Waals surface area contributed by atoms with Crippen LogP contribution in [0.3, 0.4) is 0 Å². The summed E-state index contributed by atoms with van der Waals surface area (Å²) in [6, 6.07) is 7.30. The fourth-order valence-electron chi connectivity index (χ4n) is 2.68. The Morgan fingerprint density at radius 2 is 2.29 bits per heavy atom. The molecule has 1 aromatic carbocycles. The van der Waals surface area contributed by atoms with Crippen LogP contribution < -0.4 is 4.90 Å². The van der Waals surface area contributed by atoms with Crippen LogP contribution in [0, 0.1) is 11.3 Å². The van der Waals surface area contributed by atoms with E-state index in [1.807, 2.05) is 6.92 Å². The molecule has 1 heterocycles. The molecule has 0 spiro atoms. The number of anilines is 1. The van der Waals surface area contributed by atoms with Gasteiger partial charge in [-0.2, -0.15) is 5.26 Å². The SMILES string of the molecule is COCC1CN(c2cc(C#N)ccc2C(C)=O)CC(C)O1. The van der Waals surface area contributed by atoms with Gasteiger partial charge in [0.25, 0.3) is 0 Å². The number of carbonyl (C=O) groups excluding carboxylic acids is 1. The number of methoxy groups -OCH3 is 1. The van der Waals surface area contributed by atoms with Crippen LogP contribution in [0.15, 0.2) is 18.2 Å². The number of nitrogens with zero attached hydrogens (tertiary/aromatic N) is 2. The van der Waals surface area contributed by atoms with Crippen molar-refractivity contribution in [2.45, 2.75) is 26.1 Å². The topological polar surface area (TPSA) is 62.6 Å². The van der Waals surface area contributed by atoms with Crippen LogP contribution in [0.1, 0.15) is 29.8 Å². The molecule has 1 aromatic rings. The molecular weight excluding hydrogens is 268 g/mol. The molecule has 2 unspecified atom stereocenters. The molecule has 2 atom stereocenters. The zero-order chi connectivity index (χ0) is 15.4. The molecule has 112 valence electrons. The number of ether oxygens (including phenoxy) is 2. The van der Waals surface area contributed by atoms with Gasteiger partial charge in [-0.3, -0.25) is 4.79 Å². The summed E-state index contributed by atoms with van der Waals surface area (Å²) in [5, 5.41) is 9.08. The van der Waals surface area contributed by atoms with Crippen molar-refractivity contribution in [2.24, 2.45) is 0 Å². The van der Waals surface area contributed by atoms with Gasteiger partial charge < -0.3 is 14.4 Å². The molecule has 5 nitrogen and oxygen atoms in total. The summed E-state index contributed by atoms with van der Waals surface area (Å²) in [5.41, 5.74) is 1.99. The monoisotopic (exact) mass is 288 g/mol. The average molecular weight is 288 g/mol. The minimum Gasteiger partial charge on any atom is -0.382 e. The van der Waals surface area contributed by atoms with E-state index >= 15 is 0 Å². The van der Waals surface area contributed by atoms with E-state index in [2.05, 4.69) is 11.0 Å². The van der Waals surface area contributed by atoms with Gasteiger partial charge in [0.15, 0.2) is 5.78 Å². The Morgan fingerprint density at radius 1 is 1.52 bits per heavy atom. The van der Waals surface area contributed by atoms with Gasteiger partial charge in [0.2, 0.25) is 0 Å². The second-order valence-corrected chi connectivity index (χ2v) is 5.33. The third-order valence-electron chi connectivity index (χ3n) is 3.53. The lowest BCUT2D eigenvalue weighted by Gasteiger charge is -2.38. The molecule has 1 fully saturated rings. The lowest BCUT2D eigenvalue weighted by atomic mass is 10.0. The first kappa shape index (κ1) is 15.5. The Hall–Kier alpha value is -1.90. The van der Waals surface area contributed by atoms with E-state index in [0.29, 0.717) is 30.8 Å². The number of hydrogen-bond donors (Lipinski definition) is 0. The zero-order valence-corrected chi connectivity index (χ0v) is 12.6. The molecule has 1 saturated heterocycles. The second-order valence-electron chi connectivity index (χ2n) is 5.33. The van der Waals surface area contributed by atoms with Crippen molar-refractivity contribution in [1.29, 1.82) is 5.26 Å². The van der Waals surface area contributed by atoms with Crippen LogP contribution in [0.4, 0.5) is 5.69 Å². The largest absolute Gasteiger partial charge is 0.382 e. The first-order valence-electron chi connectivity index (χ1n) is 6.99. The summed E-state index contributed by atoms with van der Waals surface area (Å²) < 4.78 is 11.0. The molecular formula is C16H20N2O3. The van der Waals surface area contributed by atoms with Crippen LogP contribution in [0.5, 0.6) is 0 Å². The third kappa shape index (κ3) is 3.60. The first-order chi connectivity index (χ1) is 10.0. The second kappa shape index (κ2) is 6.70. The Labute approximate surface area is 125 Å². The minimum absolute atomic E-state index is 0.00285. The van der Waals surface area contributed by atoms with Gasteiger partial charge in [-0.15, -0.1) is 0 Å². The Balaban J connectivity index is 2.34. The van der Waals surface area contributed by atoms with Crippen molar-refractivity contribution in [3.8, 4) is 6.07 Å². The molecule has 0 amide bonds. The maximum Gasteiger partial charge on any atom is 0.161 e. The number of ketones is 1. The normalized spacial score (nSPS) is 21.9. The average Bonchev–Trinajstić information content (AvgIpc) is 2.46. The summed E-state index contributed by atoms with van der Waals surface area (Å²) in [4.78, 5) is 13.9. The van der Waals surface area contributed by atoms with Gasteiger partial charge in [-0.25, -0.2) is 0 Å². The summed E-state index contributed by atoms with van der Waals surface area (Å²) in [5.74, 6) is -0.00285. The van der Waals surface area contributed by atoms with Crippen molar-refractivity contribution < 1.29 is 14.3 Å². The number of carbonyl (C=O) groups is 1. The van der Waals surface area contributed by atoms with E-state index in [9.17, 15) is 4.79 Å². The number of Topliss-reactive ketones (excluding diaryl/α,β-unsaturated/α-hetero) is 1. The number of rotatable bonds is 4. The Kier molecular flexibility index (Phi) is 4.94. The van der Waals surface area contributed by atoms with E-state index in [1.165, 1.54) is 0 Å². The summed E-state index contributed by atoms with van der Waals surface area (Å²) >= 11 is 0. The highest BCUT2D eigenvalue weighted by Gasteiger charge is 2.27. The van der Waals surface area contributed by atoms with Crippen LogP contribution in [0.25, 0.3) is 0 Å². The van der Waals surface area contributed by atoms with Gasteiger partial charge >= 0.3 is 0 Å². The predicted molar refractivity (Wildman–Crippen MR) is 79.6 cm³/mol. The molecule has 0 saturated carbocycles. The molecule has 5 heteroatoms. The van der Waals surface area contributed by atoms with E-state index < -0.39 is 0 Å². The van der Waals surface area contributed by atoms with E-state index in [0.717, 1.165) is 5.69 Å². The van der Waals surface area contributed by atoms with E-state index in [1.54, 1.807) is 32.2 Å². The maximum absolute atomic E-state index is 11.8. The molecule has 0 aliphatic carbocycles. The molecule has 2 rings (SSSR count). The van der Waals surface area contributed by atoms with Gasteiger partial charge in [-0.1, -0.05) is 0 Å². The minimum atomic E-state index is -0.0377. The number of benzene rings is 1. The van der Waals surface area contributed by atoms with Crippen LogP contribution in [-0.4, -0.2) is 44.8 Å². The number of morpholine rings is 1. The molecule has 0 radical (unpaired) electrons.